The molecule has 0 aliphatic rings. The first-order chi connectivity index (χ1) is 9.47. The van der Waals surface area contributed by atoms with Gasteiger partial charge in [0.25, 0.3) is 5.56 Å². The number of nitrogens with zero attached hydrogens (tertiary/aromatic N) is 1. The van der Waals surface area contributed by atoms with Gasteiger partial charge in [-0.25, -0.2) is 9.07 Å². The number of aryl methyl sites for hydroxylation is 1. The van der Waals surface area contributed by atoms with Crippen LogP contribution in [0.2, 0.25) is 5.02 Å². The highest BCUT2D eigenvalue weighted by molar-refractivity contribution is 6.30. The number of rotatable bonds is 1. The maximum atomic E-state index is 13.9. The number of H-pyrrole nitrogens is 2. The maximum absolute atomic E-state index is 13.9. The van der Waals surface area contributed by atoms with Crippen molar-refractivity contribution in [3.63, 3.8) is 0 Å². The van der Waals surface area contributed by atoms with Gasteiger partial charge in [-0.3, -0.25) is 14.7 Å². The lowest BCUT2D eigenvalue weighted by Gasteiger charge is -2.03. The summed E-state index contributed by atoms with van der Waals surface area (Å²) in [5.41, 5.74) is 0.0601. The fraction of sp³-hybridized carbons (Fsp3) is 0.0769. The molecule has 0 aliphatic carbocycles. The van der Waals surface area contributed by atoms with E-state index in [1.54, 1.807) is 6.92 Å². The number of aromatic nitrogens is 3. The van der Waals surface area contributed by atoms with E-state index in [1.165, 1.54) is 18.2 Å². The normalized spacial score (nSPS) is 11.2. The molecule has 1 aromatic carbocycles. The minimum Gasteiger partial charge on any atom is -0.326 e. The van der Waals surface area contributed by atoms with E-state index >= 15 is 0 Å². The van der Waals surface area contributed by atoms with Gasteiger partial charge >= 0.3 is 0 Å². The largest absolute Gasteiger partial charge is 0.326 e. The third-order valence-electron chi connectivity index (χ3n) is 3.03. The number of nitrogens with one attached hydrogen (secondary N) is 2. The first kappa shape index (κ1) is 12.7. The van der Waals surface area contributed by atoms with Crippen molar-refractivity contribution in [2.75, 3.05) is 0 Å². The van der Waals surface area contributed by atoms with Crippen LogP contribution in [0.1, 0.15) is 5.69 Å². The van der Waals surface area contributed by atoms with Crippen molar-refractivity contribution in [2.24, 2.45) is 0 Å². The van der Waals surface area contributed by atoms with E-state index in [0.717, 1.165) is 10.7 Å². The second-order valence-electron chi connectivity index (χ2n) is 4.40. The molecular weight excluding hydrogens is 285 g/mol. The van der Waals surface area contributed by atoms with Crippen LogP contribution in [0, 0.1) is 12.7 Å². The first-order valence-corrected chi connectivity index (χ1v) is 6.15. The van der Waals surface area contributed by atoms with Crippen LogP contribution in [-0.4, -0.2) is 14.8 Å². The molecule has 5 nitrogen and oxygen atoms in total. The molecule has 0 radical (unpaired) electrons. The van der Waals surface area contributed by atoms with Crippen LogP contribution in [0.3, 0.4) is 0 Å². The summed E-state index contributed by atoms with van der Waals surface area (Å²) in [4.78, 5) is 26.2. The van der Waals surface area contributed by atoms with E-state index in [-0.39, 0.29) is 16.3 Å². The molecule has 0 fully saturated rings. The third kappa shape index (κ3) is 1.85. The van der Waals surface area contributed by atoms with Gasteiger partial charge in [-0.15, -0.1) is 0 Å². The van der Waals surface area contributed by atoms with E-state index in [9.17, 15) is 14.0 Å². The summed E-state index contributed by atoms with van der Waals surface area (Å²) in [6.45, 7) is 1.61. The first-order valence-electron chi connectivity index (χ1n) is 5.77. The molecule has 0 saturated carbocycles. The Labute approximate surface area is 116 Å². The molecule has 2 heterocycles. The summed E-state index contributed by atoms with van der Waals surface area (Å²) >= 11 is 5.68. The minimum absolute atomic E-state index is 0.0439. The zero-order valence-corrected chi connectivity index (χ0v) is 11.1. The quantitative estimate of drug-likeness (QED) is 0.721. The molecule has 20 heavy (non-hydrogen) atoms. The van der Waals surface area contributed by atoms with E-state index in [4.69, 9.17) is 11.6 Å². The Morgan fingerprint density at radius 2 is 2.00 bits per heavy atom. The number of aromatic amines is 2. The van der Waals surface area contributed by atoms with Gasteiger partial charge < -0.3 is 4.98 Å². The number of hydrogen-bond donors (Lipinski definition) is 2. The average molecular weight is 294 g/mol. The summed E-state index contributed by atoms with van der Waals surface area (Å²) in [6, 6.07) is 5.25. The lowest BCUT2D eigenvalue weighted by Crippen LogP contribution is -2.16. The highest BCUT2D eigenvalue weighted by Gasteiger charge is 2.14. The van der Waals surface area contributed by atoms with Crippen molar-refractivity contribution in [1.29, 1.82) is 0 Å². The van der Waals surface area contributed by atoms with Crippen LogP contribution >= 0.6 is 11.6 Å². The van der Waals surface area contributed by atoms with Gasteiger partial charge in [-0.05, 0) is 25.1 Å². The molecule has 0 atom stereocenters. The fourth-order valence-corrected chi connectivity index (χ4v) is 2.33. The van der Waals surface area contributed by atoms with Crippen LogP contribution in [0.4, 0.5) is 4.39 Å². The molecule has 3 aromatic rings. The molecule has 3 rings (SSSR count). The van der Waals surface area contributed by atoms with Crippen molar-refractivity contribution in [2.45, 2.75) is 6.92 Å². The predicted octanol–water partition coefficient (Wildman–Crippen LogP) is 2.11. The second-order valence-corrected chi connectivity index (χ2v) is 4.83. The molecular formula is C13H9ClFN3O2. The summed E-state index contributed by atoms with van der Waals surface area (Å²) in [5.74, 6) is -0.630. The Bertz CT molecular complexity index is 939. The highest BCUT2D eigenvalue weighted by atomic mass is 35.5. The second kappa shape index (κ2) is 4.35. The Kier molecular flexibility index (Phi) is 2.76. The molecule has 7 heteroatoms. The SMILES string of the molecule is Cc1[nH]c(=O)cc2[nH]n(-c3ccc(Cl)cc3F)c(=O)c12. The van der Waals surface area contributed by atoms with Gasteiger partial charge in [0, 0.05) is 16.8 Å². The summed E-state index contributed by atoms with van der Waals surface area (Å²) in [7, 11) is 0. The average Bonchev–Trinajstić information content (AvgIpc) is 2.66. The summed E-state index contributed by atoms with van der Waals surface area (Å²) < 4.78 is 14.9. The number of pyridine rings is 1. The van der Waals surface area contributed by atoms with Crippen LogP contribution in [0.15, 0.2) is 33.9 Å². The van der Waals surface area contributed by atoms with Crippen molar-refractivity contribution in [3.05, 3.63) is 61.5 Å². The molecule has 0 unspecified atom stereocenters. The van der Waals surface area contributed by atoms with Crippen LogP contribution in [0.5, 0.6) is 0 Å². The summed E-state index contributed by atoms with van der Waals surface area (Å²) in [6.07, 6.45) is 0. The van der Waals surface area contributed by atoms with E-state index in [2.05, 4.69) is 10.1 Å². The Morgan fingerprint density at radius 3 is 2.70 bits per heavy atom. The standard InChI is InChI=1S/C13H9ClFN3O2/c1-6-12-9(5-11(19)16-6)17-18(13(12)20)10-3-2-7(14)4-8(10)15/h2-5,17H,1H3,(H,16,19). The highest BCUT2D eigenvalue weighted by Crippen LogP contribution is 2.18. The molecule has 0 aliphatic heterocycles. The monoisotopic (exact) mass is 293 g/mol. The zero-order chi connectivity index (χ0) is 14.4. The third-order valence-corrected chi connectivity index (χ3v) is 3.27. The van der Waals surface area contributed by atoms with Crippen LogP contribution in [0.25, 0.3) is 16.6 Å². The van der Waals surface area contributed by atoms with Gasteiger partial charge in [0.15, 0.2) is 0 Å². The van der Waals surface area contributed by atoms with Gasteiger partial charge in [-0.2, -0.15) is 0 Å². The summed E-state index contributed by atoms with van der Waals surface area (Å²) in [5, 5.41) is 3.28. The lowest BCUT2D eigenvalue weighted by atomic mass is 10.2. The molecule has 0 spiro atoms. The Hall–Kier alpha value is -2.34. The van der Waals surface area contributed by atoms with Gasteiger partial charge in [-0.1, -0.05) is 11.6 Å². The fourth-order valence-electron chi connectivity index (χ4n) is 2.17. The van der Waals surface area contributed by atoms with Crippen LogP contribution < -0.4 is 11.1 Å². The molecule has 0 saturated heterocycles. The van der Waals surface area contributed by atoms with Crippen molar-refractivity contribution in [3.8, 4) is 5.69 Å². The lowest BCUT2D eigenvalue weighted by molar-refractivity contribution is 0.609. The molecule has 102 valence electrons. The number of hydrogen-bond acceptors (Lipinski definition) is 2. The smallest absolute Gasteiger partial charge is 0.280 e. The Morgan fingerprint density at radius 1 is 1.25 bits per heavy atom. The molecule has 2 N–H and O–H groups in total. The van der Waals surface area contributed by atoms with Crippen molar-refractivity contribution >= 4 is 22.5 Å². The Balaban J connectivity index is 2.38. The van der Waals surface area contributed by atoms with E-state index in [1.807, 2.05) is 0 Å². The zero-order valence-electron chi connectivity index (χ0n) is 10.3. The number of fused-ring (bicyclic) bond motifs is 1. The van der Waals surface area contributed by atoms with Crippen molar-refractivity contribution < 1.29 is 4.39 Å². The maximum Gasteiger partial charge on any atom is 0.280 e. The van der Waals surface area contributed by atoms with E-state index < -0.39 is 11.4 Å². The van der Waals surface area contributed by atoms with Crippen LogP contribution in [-0.2, 0) is 0 Å². The van der Waals surface area contributed by atoms with Crippen molar-refractivity contribution in [1.82, 2.24) is 14.8 Å². The molecule has 2 aromatic heterocycles. The number of benzene rings is 1. The molecule has 0 amide bonds. The minimum atomic E-state index is -0.630. The number of halogens is 2. The van der Waals surface area contributed by atoms with E-state index in [0.29, 0.717) is 16.6 Å². The topological polar surface area (TPSA) is 70.7 Å². The van der Waals surface area contributed by atoms with Gasteiger partial charge in [0.2, 0.25) is 5.56 Å². The predicted molar refractivity (Wildman–Crippen MR) is 74.2 cm³/mol. The van der Waals surface area contributed by atoms with Gasteiger partial charge in [0.05, 0.1) is 10.9 Å². The van der Waals surface area contributed by atoms with Gasteiger partial charge in [0.1, 0.15) is 11.5 Å². The molecule has 0 bridgehead atoms.